The molecule has 2 atom stereocenters. The molecule has 0 spiro atoms. The second-order valence-electron chi connectivity index (χ2n) is 8.90. The highest BCUT2D eigenvalue weighted by molar-refractivity contribution is 7.91. The second-order valence-corrected chi connectivity index (χ2v) is 10.4. The largest absolute Gasteiger partial charge is 0.606 e. The molecule has 0 saturated heterocycles. The van der Waals surface area contributed by atoms with E-state index in [0.717, 1.165) is 4.68 Å². The van der Waals surface area contributed by atoms with E-state index in [2.05, 4.69) is 15.5 Å². The first-order valence-corrected chi connectivity index (χ1v) is 11.8. The van der Waals surface area contributed by atoms with Gasteiger partial charge in [0.25, 0.3) is 11.5 Å². The third kappa shape index (κ3) is 6.77. The maximum atomic E-state index is 13.1. The Morgan fingerprint density at radius 2 is 1.91 bits per heavy atom. The number of hydrogen-bond acceptors (Lipinski definition) is 6. The van der Waals surface area contributed by atoms with E-state index in [1.807, 2.05) is 19.9 Å². The molecule has 176 valence electrons. The molecule has 0 aliphatic rings. The summed E-state index contributed by atoms with van der Waals surface area (Å²) in [5, 5.41) is 21.1. The number of anilines is 1. The van der Waals surface area contributed by atoms with Gasteiger partial charge in [0.15, 0.2) is 15.6 Å². The van der Waals surface area contributed by atoms with Crippen LogP contribution in [-0.2, 0) is 22.5 Å². The third-order valence-electron chi connectivity index (χ3n) is 4.71. The standard InChI is InChI=1S/C23H29N5O4S/c1-16(2)12-19(22(30)25-20-10-11-27(26-20)15-23(3,4)31)28-21(29)13-18(14-24-28)33(32)17-8-6-5-7-9-17/h5-11,13-14,16,19,31H,12,15H2,1-4H3,(H,25,26,30). The number of carbonyl (C=O) groups excluding carboxylic acids is 1. The number of aliphatic hydroxyl groups is 1. The zero-order valence-corrected chi connectivity index (χ0v) is 20.0. The fraction of sp³-hybridized carbons (Fsp3) is 0.391. The van der Waals surface area contributed by atoms with Gasteiger partial charge in [-0.15, -0.1) is 0 Å². The first-order valence-electron chi connectivity index (χ1n) is 10.7. The number of aromatic nitrogens is 4. The zero-order chi connectivity index (χ0) is 24.2. The molecule has 0 fully saturated rings. The summed E-state index contributed by atoms with van der Waals surface area (Å²) in [6.45, 7) is 7.49. The van der Waals surface area contributed by atoms with Crippen molar-refractivity contribution in [2.45, 2.75) is 62.1 Å². The van der Waals surface area contributed by atoms with Crippen LogP contribution in [0.4, 0.5) is 5.82 Å². The Labute approximate surface area is 195 Å². The van der Waals surface area contributed by atoms with Crippen molar-refractivity contribution in [3.63, 3.8) is 0 Å². The quantitative estimate of drug-likeness (QED) is 0.462. The van der Waals surface area contributed by atoms with Gasteiger partial charge in [-0.1, -0.05) is 32.0 Å². The average molecular weight is 472 g/mol. The molecule has 0 aliphatic heterocycles. The van der Waals surface area contributed by atoms with Gasteiger partial charge >= 0.3 is 0 Å². The smallest absolute Gasteiger partial charge is 0.272 e. The first kappa shape index (κ1) is 24.7. The summed E-state index contributed by atoms with van der Waals surface area (Å²) in [4.78, 5) is 26.8. The molecule has 3 rings (SSSR count). The van der Waals surface area contributed by atoms with Crippen LogP contribution in [0.25, 0.3) is 0 Å². The van der Waals surface area contributed by atoms with Crippen molar-refractivity contribution < 1.29 is 14.5 Å². The lowest BCUT2D eigenvalue weighted by Gasteiger charge is -2.20. The topological polar surface area (TPSA) is 125 Å². The molecule has 1 amide bonds. The molecule has 33 heavy (non-hydrogen) atoms. The van der Waals surface area contributed by atoms with Crippen molar-refractivity contribution in [1.82, 2.24) is 19.6 Å². The Morgan fingerprint density at radius 3 is 2.52 bits per heavy atom. The molecular weight excluding hydrogens is 442 g/mol. The van der Waals surface area contributed by atoms with E-state index < -0.39 is 34.3 Å². The number of amides is 1. The minimum Gasteiger partial charge on any atom is -0.606 e. The van der Waals surface area contributed by atoms with Crippen LogP contribution in [0.1, 0.15) is 40.2 Å². The van der Waals surface area contributed by atoms with E-state index in [1.165, 1.54) is 16.9 Å². The predicted molar refractivity (Wildman–Crippen MR) is 125 cm³/mol. The summed E-state index contributed by atoms with van der Waals surface area (Å²) in [7, 11) is 0. The van der Waals surface area contributed by atoms with Crippen LogP contribution in [0.2, 0.25) is 0 Å². The van der Waals surface area contributed by atoms with Gasteiger partial charge in [-0.2, -0.15) is 10.2 Å². The van der Waals surface area contributed by atoms with Crippen LogP contribution in [0, 0.1) is 5.92 Å². The van der Waals surface area contributed by atoms with Gasteiger partial charge in [0.1, 0.15) is 12.2 Å². The predicted octanol–water partition coefficient (Wildman–Crippen LogP) is 2.60. The molecule has 0 radical (unpaired) electrons. The van der Waals surface area contributed by atoms with Crippen molar-refractivity contribution in [1.29, 1.82) is 0 Å². The maximum absolute atomic E-state index is 13.1. The van der Waals surface area contributed by atoms with Crippen LogP contribution in [-0.4, -0.2) is 40.7 Å². The normalized spacial score (nSPS) is 13.7. The number of nitrogens with zero attached hydrogens (tertiary/aromatic N) is 4. The van der Waals surface area contributed by atoms with E-state index >= 15 is 0 Å². The van der Waals surface area contributed by atoms with E-state index in [9.17, 15) is 19.2 Å². The molecule has 10 heteroatoms. The Kier molecular flexibility index (Phi) is 7.72. The van der Waals surface area contributed by atoms with Crippen LogP contribution in [0.3, 0.4) is 0 Å². The fourth-order valence-corrected chi connectivity index (χ4v) is 4.33. The summed E-state index contributed by atoms with van der Waals surface area (Å²) in [6.07, 6.45) is 3.40. The molecular formula is C23H29N5O4S. The number of carbonyl (C=O) groups is 1. The first-order chi connectivity index (χ1) is 15.5. The Morgan fingerprint density at radius 1 is 1.21 bits per heavy atom. The number of benzene rings is 1. The summed E-state index contributed by atoms with van der Waals surface area (Å²) >= 11 is -1.55. The summed E-state index contributed by atoms with van der Waals surface area (Å²) < 4.78 is 15.4. The summed E-state index contributed by atoms with van der Waals surface area (Å²) in [6, 6.07) is 10.8. The van der Waals surface area contributed by atoms with E-state index in [0.29, 0.717) is 17.1 Å². The fourth-order valence-electron chi connectivity index (χ4n) is 3.30. The van der Waals surface area contributed by atoms with Gasteiger partial charge in [0, 0.05) is 23.4 Å². The minimum absolute atomic E-state index is 0.111. The molecule has 0 aliphatic carbocycles. The SMILES string of the molecule is CC(C)CC(C(=O)Nc1ccn(CC(C)(C)O)n1)n1ncc([S+]([O-])c2ccccc2)cc1=O. The minimum atomic E-state index is -1.55. The molecule has 9 nitrogen and oxygen atoms in total. The second kappa shape index (κ2) is 10.3. The molecule has 2 N–H and O–H groups in total. The molecule has 2 heterocycles. The average Bonchev–Trinajstić information content (AvgIpc) is 3.17. The molecule has 0 saturated carbocycles. The van der Waals surface area contributed by atoms with Crippen LogP contribution in [0.15, 0.2) is 69.4 Å². The lowest BCUT2D eigenvalue weighted by molar-refractivity contribution is -0.120. The van der Waals surface area contributed by atoms with Crippen molar-refractivity contribution in [3.05, 3.63) is 65.2 Å². The van der Waals surface area contributed by atoms with Gasteiger partial charge in [-0.25, -0.2) is 4.68 Å². The summed E-state index contributed by atoms with van der Waals surface area (Å²) in [5.74, 6) is -0.00285. The van der Waals surface area contributed by atoms with Crippen molar-refractivity contribution in [3.8, 4) is 0 Å². The van der Waals surface area contributed by atoms with Gasteiger partial charge in [-0.05, 0) is 38.3 Å². The van der Waals surface area contributed by atoms with Crippen molar-refractivity contribution in [2.75, 3.05) is 5.32 Å². The third-order valence-corrected chi connectivity index (χ3v) is 6.06. The van der Waals surface area contributed by atoms with Crippen molar-refractivity contribution in [2.24, 2.45) is 5.92 Å². The molecule has 1 aromatic carbocycles. The van der Waals surface area contributed by atoms with Gasteiger partial charge in [-0.3, -0.25) is 14.3 Å². The lowest BCUT2D eigenvalue weighted by Crippen LogP contribution is -2.36. The molecule has 3 aromatic rings. The molecule has 2 unspecified atom stereocenters. The van der Waals surface area contributed by atoms with Gasteiger partial charge in [0.2, 0.25) is 0 Å². The van der Waals surface area contributed by atoms with Gasteiger partial charge in [0.05, 0.1) is 18.2 Å². The zero-order valence-electron chi connectivity index (χ0n) is 19.1. The maximum Gasteiger partial charge on any atom is 0.272 e. The Hall–Kier alpha value is -2.95. The van der Waals surface area contributed by atoms with Crippen LogP contribution >= 0.6 is 0 Å². The Balaban J connectivity index is 1.82. The number of hydrogen-bond donors (Lipinski definition) is 2. The molecule has 2 aromatic heterocycles. The number of rotatable bonds is 9. The van der Waals surface area contributed by atoms with E-state index in [-0.39, 0.29) is 17.4 Å². The van der Waals surface area contributed by atoms with Crippen molar-refractivity contribution >= 4 is 22.9 Å². The highest BCUT2D eigenvalue weighted by Crippen LogP contribution is 2.21. The van der Waals surface area contributed by atoms with E-state index in [1.54, 1.807) is 50.4 Å². The monoisotopic (exact) mass is 471 g/mol. The Bertz CT molecular complexity index is 1140. The lowest BCUT2D eigenvalue weighted by atomic mass is 10.0. The van der Waals surface area contributed by atoms with Gasteiger partial charge < -0.3 is 15.0 Å². The van der Waals surface area contributed by atoms with Crippen LogP contribution in [0.5, 0.6) is 0 Å². The molecule has 0 bridgehead atoms. The number of nitrogens with one attached hydrogen (secondary N) is 1. The highest BCUT2D eigenvalue weighted by Gasteiger charge is 2.26. The van der Waals surface area contributed by atoms with Crippen LogP contribution < -0.4 is 10.9 Å². The highest BCUT2D eigenvalue weighted by atomic mass is 32.2. The van der Waals surface area contributed by atoms with E-state index in [4.69, 9.17) is 0 Å². The summed E-state index contributed by atoms with van der Waals surface area (Å²) in [5.41, 5.74) is -1.46.